The molecule has 1 amide bonds. The van der Waals surface area contributed by atoms with Crippen LogP contribution < -0.4 is 21.3 Å². The van der Waals surface area contributed by atoms with E-state index in [-0.39, 0.29) is 6.41 Å². The van der Waals surface area contributed by atoms with Gasteiger partial charge in [-0.3, -0.25) is 9.93 Å². The third-order valence-electron chi connectivity index (χ3n) is 2.67. The Balaban J connectivity index is 0.000000868. The largest absolute Gasteiger partial charge is 0.455 e. The lowest BCUT2D eigenvalue weighted by Gasteiger charge is -2.12. The predicted octanol–water partition coefficient (Wildman–Crippen LogP) is 3.29. The summed E-state index contributed by atoms with van der Waals surface area (Å²) in [4.78, 5) is 9.50. The first-order valence-corrected chi connectivity index (χ1v) is 8.40. The molecule has 2 aromatic carbocycles. The van der Waals surface area contributed by atoms with Gasteiger partial charge in [0, 0.05) is 4.90 Å². The van der Waals surface area contributed by atoms with Gasteiger partial charge >= 0.3 is 0 Å². The molecule has 0 heterocycles. The zero-order chi connectivity index (χ0) is 17.8. The van der Waals surface area contributed by atoms with E-state index in [2.05, 4.69) is 31.4 Å². The van der Waals surface area contributed by atoms with Crippen molar-refractivity contribution in [3.05, 3.63) is 47.5 Å². The molecule has 2 aromatic rings. The molecule has 0 aliphatic heterocycles. The summed E-state index contributed by atoms with van der Waals surface area (Å²) in [7, 11) is 0. The maximum Gasteiger partial charge on any atom is 0.204 e. The molecular formula is C16H23N3O2S2. The van der Waals surface area contributed by atoms with Crippen LogP contribution in [0.4, 0.5) is 5.69 Å². The van der Waals surface area contributed by atoms with Crippen molar-refractivity contribution in [1.82, 2.24) is 0 Å². The summed E-state index contributed by atoms with van der Waals surface area (Å²) in [6, 6.07) is 11.6. The van der Waals surface area contributed by atoms with Crippen LogP contribution in [0.5, 0.6) is 11.5 Å². The highest BCUT2D eigenvalue weighted by molar-refractivity contribution is 7.97. The molecule has 7 heteroatoms. The van der Waals surface area contributed by atoms with E-state index in [0.29, 0.717) is 11.4 Å². The Hall–Kier alpha value is -1.83. The lowest BCUT2D eigenvalue weighted by molar-refractivity contribution is -0.106. The number of anilines is 1. The monoisotopic (exact) mass is 353 g/mol. The number of primary amides is 1. The van der Waals surface area contributed by atoms with Gasteiger partial charge in [-0.15, -0.1) is 0 Å². The Morgan fingerprint density at radius 1 is 1.09 bits per heavy atom. The molecule has 0 atom stereocenters. The minimum absolute atomic E-state index is 0.250. The number of ether oxygens (including phenoxy) is 1. The Labute approximate surface area is 147 Å². The summed E-state index contributed by atoms with van der Waals surface area (Å²) >= 11 is 4.70. The van der Waals surface area contributed by atoms with Crippen molar-refractivity contribution in [2.45, 2.75) is 18.7 Å². The van der Waals surface area contributed by atoms with Crippen LogP contribution in [0.1, 0.15) is 11.1 Å². The van der Waals surface area contributed by atoms with E-state index in [1.54, 1.807) is 12.3 Å². The van der Waals surface area contributed by atoms with Crippen LogP contribution in [0.2, 0.25) is 0 Å². The Bertz CT molecular complexity index is 622. The molecule has 0 unspecified atom stereocenters. The maximum absolute atomic E-state index is 8.58. The van der Waals surface area contributed by atoms with Crippen LogP contribution in [-0.4, -0.2) is 12.7 Å². The smallest absolute Gasteiger partial charge is 0.204 e. The standard InChI is InChI=1S/C14H16N2OS.CH3NO.CH4S/c1-9-3-6-13(10(2)7-9)17-14-8-11(18-16)4-5-12(14)15;2-1-3;1-2/h3-8H,15-16H2,1-2H3;1H,(H2,2,3);2H,1H3. The van der Waals surface area contributed by atoms with Gasteiger partial charge in [0.15, 0.2) is 5.75 Å². The highest BCUT2D eigenvalue weighted by atomic mass is 32.2. The molecule has 0 saturated heterocycles. The number of hydrogen-bond acceptors (Lipinski definition) is 6. The Morgan fingerprint density at radius 3 is 2.22 bits per heavy atom. The minimum Gasteiger partial charge on any atom is -0.455 e. The van der Waals surface area contributed by atoms with Gasteiger partial charge in [0.2, 0.25) is 6.41 Å². The van der Waals surface area contributed by atoms with Crippen LogP contribution in [0.15, 0.2) is 41.3 Å². The van der Waals surface area contributed by atoms with Gasteiger partial charge in [-0.05, 0) is 61.9 Å². The first kappa shape index (κ1) is 21.2. The zero-order valence-electron chi connectivity index (χ0n) is 13.4. The van der Waals surface area contributed by atoms with Crippen molar-refractivity contribution >= 4 is 36.7 Å². The van der Waals surface area contributed by atoms with Gasteiger partial charge in [0.1, 0.15) is 5.75 Å². The van der Waals surface area contributed by atoms with E-state index in [4.69, 9.17) is 20.4 Å². The van der Waals surface area contributed by atoms with Crippen molar-refractivity contribution in [3.8, 4) is 11.5 Å². The molecule has 0 fully saturated rings. The summed E-state index contributed by atoms with van der Waals surface area (Å²) in [5.74, 6) is 1.45. The molecular weight excluding hydrogens is 330 g/mol. The first-order valence-electron chi connectivity index (χ1n) is 6.63. The molecule has 23 heavy (non-hydrogen) atoms. The molecule has 0 bridgehead atoms. The Morgan fingerprint density at radius 2 is 1.70 bits per heavy atom. The molecule has 0 aromatic heterocycles. The van der Waals surface area contributed by atoms with Crippen molar-refractivity contribution < 1.29 is 9.53 Å². The lowest BCUT2D eigenvalue weighted by atomic mass is 10.1. The summed E-state index contributed by atoms with van der Waals surface area (Å²) in [5, 5.41) is 5.53. The van der Waals surface area contributed by atoms with Gasteiger partial charge in [0.25, 0.3) is 0 Å². The number of benzene rings is 2. The topological polar surface area (TPSA) is 104 Å². The average Bonchev–Trinajstić information content (AvgIpc) is 2.54. The average molecular weight is 354 g/mol. The Kier molecular flexibility index (Phi) is 10.8. The second-order valence-electron chi connectivity index (χ2n) is 4.32. The van der Waals surface area contributed by atoms with Gasteiger partial charge in [-0.25, -0.2) is 0 Å². The second kappa shape index (κ2) is 11.7. The molecule has 6 N–H and O–H groups in total. The van der Waals surface area contributed by atoms with Crippen LogP contribution in [-0.2, 0) is 4.79 Å². The number of hydrogen-bond donors (Lipinski definition) is 4. The SMILES string of the molecule is CS.Cc1ccc(Oc2cc(SN)ccc2N)c(C)c1.NC=O. The number of aryl methyl sites for hydroxylation is 2. The molecule has 0 spiro atoms. The number of nitrogens with two attached hydrogens (primary N) is 3. The normalized spacial score (nSPS) is 8.91. The molecule has 2 rings (SSSR count). The number of thiol groups is 1. The quantitative estimate of drug-likeness (QED) is 0.293. The van der Waals surface area contributed by atoms with Gasteiger partial charge in [-0.1, -0.05) is 17.7 Å². The number of rotatable bonds is 3. The fourth-order valence-corrected chi connectivity index (χ4v) is 2.03. The van der Waals surface area contributed by atoms with Crippen LogP contribution in [0.3, 0.4) is 0 Å². The molecule has 0 radical (unpaired) electrons. The van der Waals surface area contributed by atoms with E-state index >= 15 is 0 Å². The van der Waals surface area contributed by atoms with Crippen LogP contribution in [0, 0.1) is 13.8 Å². The molecule has 0 aliphatic rings. The van der Waals surface area contributed by atoms with Gasteiger partial charge in [0.05, 0.1) is 5.69 Å². The van der Waals surface area contributed by atoms with E-state index in [9.17, 15) is 0 Å². The van der Waals surface area contributed by atoms with E-state index < -0.39 is 0 Å². The third kappa shape index (κ3) is 7.32. The fraction of sp³-hybridized carbons (Fsp3) is 0.188. The van der Waals surface area contributed by atoms with E-state index in [1.165, 1.54) is 17.5 Å². The molecule has 0 aliphatic carbocycles. The summed E-state index contributed by atoms with van der Waals surface area (Å²) in [6.45, 7) is 4.07. The number of carbonyl (C=O) groups is 1. The number of carbonyl (C=O) groups excluding carboxylic acids is 1. The first-order chi connectivity index (χ1) is 11.0. The third-order valence-corrected chi connectivity index (χ3v) is 3.20. The highest BCUT2D eigenvalue weighted by Gasteiger charge is 2.06. The highest BCUT2D eigenvalue weighted by Crippen LogP contribution is 2.32. The number of nitrogen functional groups attached to an aromatic ring is 1. The molecule has 5 nitrogen and oxygen atoms in total. The van der Waals surface area contributed by atoms with Gasteiger partial charge < -0.3 is 16.2 Å². The summed E-state index contributed by atoms with van der Waals surface area (Å²) in [6.07, 6.45) is 1.94. The van der Waals surface area contributed by atoms with Gasteiger partial charge in [-0.2, -0.15) is 12.6 Å². The van der Waals surface area contributed by atoms with Crippen LogP contribution >= 0.6 is 24.6 Å². The maximum atomic E-state index is 8.58. The van der Waals surface area contributed by atoms with E-state index in [1.807, 2.05) is 31.2 Å². The molecule has 126 valence electrons. The van der Waals surface area contributed by atoms with Crippen molar-refractivity contribution in [2.75, 3.05) is 12.0 Å². The fourth-order valence-electron chi connectivity index (χ4n) is 1.71. The second-order valence-corrected chi connectivity index (χ2v) is 5.03. The van der Waals surface area contributed by atoms with Crippen molar-refractivity contribution in [3.63, 3.8) is 0 Å². The lowest BCUT2D eigenvalue weighted by Crippen LogP contribution is -1.94. The molecule has 0 saturated carbocycles. The van der Waals surface area contributed by atoms with E-state index in [0.717, 1.165) is 16.2 Å². The minimum atomic E-state index is 0.250. The van der Waals surface area contributed by atoms with Crippen LogP contribution in [0.25, 0.3) is 0 Å². The van der Waals surface area contributed by atoms with Crippen molar-refractivity contribution in [2.24, 2.45) is 10.9 Å². The predicted molar refractivity (Wildman–Crippen MR) is 102 cm³/mol. The van der Waals surface area contributed by atoms with Crippen molar-refractivity contribution in [1.29, 1.82) is 0 Å². The number of amides is 1. The summed E-state index contributed by atoms with van der Waals surface area (Å²) < 4.78 is 5.84. The summed E-state index contributed by atoms with van der Waals surface area (Å²) in [5.41, 5.74) is 13.0. The zero-order valence-corrected chi connectivity index (χ0v) is 15.2.